The van der Waals surface area contributed by atoms with Crippen LogP contribution in [0.4, 0.5) is 13.2 Å². The maximum atomic E-state index is 12.9. The van der Waals surface area contributed by atoms with E-state index in [0.29, 0.717) is 10.7 Å². The molecule has 102 valence electrons. The van der Waals surface area contributed by atoms with Gasteiger partial charge in [-0.3, -0.25) is 0 Å². The van der Waals surface area contributed by atoms with Crippen LogP contribution in [0.2, 0.25) is 0 Å². The summed E-state index contributed by atoms with van der Waals surface area (Å²) in [6.07, 6.45) is -4.76. The molecule has 0 atom stereocenters. The van der Waals surface area contributed by atoms with E-state index in [1.165, 1.54) is 24.3 Å². The lowest BCUT2D eigenvalue weighted by atomic mass is 10.2. The number of alkyl halides is 3. The molecular weight excluding hydrogens is 275 g/mol. The molecule has 5 nitrogen and oxygen atoms in total. The van der Waals surface area contributed by atoms with Gasteiger partial charge in [0.15, 0.2) is 5.69 Å². The first-order chi connectivity index (χ1) is 9.32. The van der Waals surface area contributed by atoms with E-state index in [1.54, 1.807) is 6.07 Å². The maximum absolute atomic E-state index is 12.9. The topological polar surface area (TPSA) is 78.9 Å². The monoisotopic (exact) mass is 281 g/mol. The Morgan fingerprint density at radius 1 is 1.35 bits per heavy atom. The third-order valence-corrected chi connectivity index (χ3v) is 2.44. The highest BCUT2D eigenvalue weighted by Crippen LogP contribution is 2.31. The summed E-state index contributed by atoms with van der Waals surface area (Å²) in [5.41, 5.74) is -1.84. The molecule has 0 saturated carbocycles. The Hall–Kier alpha value is -2.82. The van der Waals surface area contributed by atoms with Crippen LogP contribution in [0.3, 0.4) is 0 Å². The zero-order valence-corrected chi connectivity index (χ0v) is 9.72. The molecule has 0 spiro atoms. The van der Waals surface area contributed by atoms with Gasteiger partial charge in [-0.2, -0.15) is 23.5 Å². The van der Waals surface area contributed by atoms with Gasteiger partial charge in [0.05, 0.1) is 17.3 Å². The summed E-state index contributed by atoms with van der Waals surface area (Å²) in [6, 6.07) is 7.52. The minimum atomic E-state index is -4.76. The maximum Gasteiger partial charge on any atom is 0.433 e. The quantitative estimate of drug-likeness (QED) is 0.917. The van der Waals surface area contributed by atoms with Crippen LogP contribution in [-0.2, 0) is 6.18 Å². The molecule has 20 heavy (non-hydrogen) atoms. The van der Waals surface area contributed by atoms with Gasteiger partial charge >= 0.3 is 12.1 Å². The Kier molecular flexibility index (Phi) is 3.19. The summed E-state index contributed by atoms with van der Waals surface area (Å²) in [4.78, 5) is 10.8. The minimum Gasteiger partial charge on any atom is -0.476 e. The van der Waals surface area contributed by atoms with Crippen LogP contribution in [0.25, 0.3) is 5.69 Å². The Balaban J connectivity index is 2.66. The lowest BCUT2D eigenvalue weighted by Crippen LogP contribution is -2.13. The molecule has 2 rings (SSSR count). The average Bonchev–Trinajstić information content (AvgIpc) is 2.84. The molecular formula is C12H6F3N3O2. The standard InChI is InChI=1S/C12H6F3N3O2/c13-12(14,15)10-5-9(11(19)20)17-18(10)8-3-1-2-7(4-8)6-16/h1-5H,(H,19,20). The molecule has 0 amide bonds. The molecule has 1 heterocycles. The highest BCUT2D eigenvalue weighted by molar-refractivity contribution is 5.85. The molecule has 1 N–H and O–H groups in total. The first-order valence-corrected chi connectivity index (χ1v) is 5.24. The third kappa shape index (κ3) is 2.47. The second kappa shape index (κ2) is 4.70. The van der Waals surface area contributed by atoms with Crippen molar-refractivity contribution in [2.24, 2.45) is 0 Å². The lowest BCUT2D eigenvalue weighted by molar-refractivity contribution is -0.142. The van der Waals surface area contributed by atoms with Gasteiger partial charge in [0, 0.05) is 6.07 Å². The van der Waals surface area contributed by atoms with Gasteiger partial charge in [-0.15, -0.1) is 0 Å². The van der Waals surface area contributed by atoms with Gasteiger partial charge in [0.2, 0.25) is 0 Å². The second-order valence-electron chi connectivity index (χ2n) is 3.79. The number of hydrogen-bond acceptors (Lipinski definition) is 3. The number of halogens is 3. The van der Waals surface area contributed by atoms with Crippen LogP contribution in [-0.4, -0.2) is 20.9 Å². The van der Waals surface area contributed by atoms with E-state index >= 15 is 0 Å². The second-order valence-corrected chi connectivity index (χ2v) is 3.79. The van der Waals surface area contributed by atoms with E-state index in [2.05, 4.69) is 5.10 Å². The molecule has 1 aromatic heterocycles. The Morgan fingerprint density at radius 2 is 2.05 bits per heavy atom. The number of rotatable bonds is 2. The van der Waals surface area contributed by atoms with Crippen molar-refractivity contribution in [3.63, 3.8) is 0 Å². The van der Waals surface area contributed by atoms with Gasteiger partial charge in [-0.25, -0.2) is 9.48 Å². The Morgan fingerprint density at radius 3 is 2.60 bits per heavy atom. The van der Waals surface area contributed by atoms with Crippen LogP contribution < -0.4 is 0 Å². The molecule has 8 heteroatoms. The molecule has 2 aromatic rings. The van der Waals surface area contributed by atoms with Crippen molar-refractivity contribution in [2.45, 2.75) is 6.18 Å². The molecule has 0 aliphatic heterocycles. The number of nitriles is 1. The fraction of sp³-hybridized carbons (Fsp3) is 0.0833. The molecule has 0 unspecified atom stereocenters. The van der Waals surface area contributed by atoms with Crippen molar-refractivity contribution in [1.82, 2.24) is 9.78 Å². The number of nitrogens with zero attached hydrogens (tertiary/aromatic N) is 3. The zero-order valence-electron chi connectivity index (χ0n) is 9.72. The number of benzene rings is 1. The summed E-state index contributed by atoms with van der Waals surface area (Å²) in [5, 5.41) is 20.9. The van der Waals surface area contributed by atoms with Crippen molar-refractivity contribution in [2.75, 3.05) is 0 Å². The summed E-state index contributed by atoms with van der Waals surface area (Å²) >= 11 is 0. The van der Waals surface area contributed by atoms with E-state index in [1.807, 2.05) is 0 Å². The summed E-state index contributed by atoms with van der Waals surface area (Å²) in [6.45, 7) is 0. The SMILES string of the molecule is N#Cc1cccc(-n2nc(C(=O)O)cc2C(F)(F)F)c1. The molecule has 0 aliphatic carbocycles. The van der Waals surface area contributed by atoms with E-state index < -0.39 is 23.5 Å². The lowest BCUT2D eigenvalue weighted by Gasteiger charge is -2.10. The zero-order chi connectivity index (χ0) is 14.9. The van der Waals surface area contributed by atoms with Crippen molar-refractivity contribution < 1.29 is 23.1 Å². The highest BCUT2D eigenvalue weighted by Gasteiger charge is 2.37. The summed E-state index contributed by atoms with van der Waals surface area (Å²) in [5.74, 6) is -1.56. The van der Waals surface area contributed by atoms with Gasteiger partial charge in [0.25, 0.3) is 0 Å². The van der Waals surface area contributed by atoms with Crippen LogP contribution >= 0.6 is 0 Å². The number of carboxylic acids is 1. The van der Waals surface area contributed by atoms with E-state index in [-0.39, 0.29) is 11.3 Å². The van der Waals surface area contributed by atoms with Gasteiger partial charge in [-0.1, -0.05) is 6.07 Å². The van der Waals surface area contributed by atoms with Crippen molar-refractivity contribution in [3.05, 3.63) is 47.3 Å². The fourth-order valence-electron chi connectivity index (χ4n) is 1.59. The van der Waals surface area contributed by atoms with Crippen LogP contribution in [0, 0.1) is 11.3 Å². The number of aromatic carboxylic acids is 1. The first kappa shape index (κ1) is 13.6. The minimum absolute atomic E-state index is 0.0381. The van der Waals surface area contributed by atoms with Crippen LogP contribution in [0.5, 0.6) is 0 Å². The smallest absolute Gasteiger partial charge is 0.433 e. The van der Waals surface area contributed by atoms with Gasteiger partial charge in [0.1, 0.15) is 5.69 Å². The molecule has 0 saturated heterocycles. The molecule has 1 aromatic carbocycles. The van der Waals surface area contributed by atoms with E-state index in [4.69, 9.17) is 10.4 Å². The number of aromatic nitrogens is 2. The largest absolute Gasteiger partial charge is 0.476 e. The van der Waals surface area contributed by atoms with Gasteiger partial charge in [-0.05, 0) is 18.2 Å². The average molecular weight is 281 g/mol. The normalized spacial score (nSPS) is 11.1. The van der Waals surface area contributed by atoms with Crippen molar-refractivity contribution >= 4 is 5.97 Å². The molecule has 0 aliphatic rings. The van der Waals surface area contributed by atoms with Crippen LogP contribution in [0.1, 0.15) is 21.7 Å². The predicted molar refractivity (Wildman–Crippen MR) is 60.2 cm³/mol. The third-order valence-electron chi connectivity index (χ3n) is 2.44. The van der Waals surface area contributed by atoms with Crippen LogP contribution in [0.15, 0.2) is 30.3 Å². The number of hydrogen-bond donors (Lipinski definition) is 1. The number of carbonyl (C=O) groups is 1. The van der Waals surface area contributed by atoms with E-state index in [0.717, 1.165) is 0 Å². The summed E-state index contributed by atoms with van der Waals surface area (Å²) < 4.78 is 39.1. The highest BCUT2D eigenvalue weighted by atomic mass is 19.4. The molecule has 0 radical (unpaired) electrons. The molecule has 0 fully saturated rings. The molecule has 0 bridgehead atoms. The fourth-order valence-corrected chi connectivity index (χ4v) is 1.59. The first-order valence-electron chi connectivity index (χ1n) is 5.24. The van der Waals surface area contributed by atoms with Gasteiger partial charge < -0.3 is 5.11 Å². The predicted octanol–water partition coefficient (Wildman–Crippen LogP) is 2.46. The Bertz CT molecular complexity index is 713. The Labute approximate surface area is 110 Å². The summed E-state index contributed by atoms with van der Waals surface area (Å²) in [7, 11) is 0. The van der Waals surface area contributed by atoms with E-state index in [9.17, 15) is 18.0 Å². The number of carboxylic acid groups (broad SMARTS) is 1. The van der Waals surface area contributed by atoms with Crippen molar-refractivity contribution in [3.8, 4) is 11.8 Å². The van der Waals surface area contributed by atoms with Crippen molar-refractivity contribution in [1.29, 1.82) is 5.26 Å².